The summed E-state index contributed by atoms with van der Waals surface area (Å²) in [4.78, 5) is 0.126. The summed E-state index contributed by atoms with van der Waals surface area (Å²) in [5.41, 5.74) is 0.397. The minimum Gasteiger partial charge on any atom is -0.310 e. The van der Waals surface area contributed by atoms with Crippen LogP contribution in [-0.2, 0) is 16.6 Å². The number of thioether (sulfide) groups is 1. The van der Waals surface area contributed by atoms with Crippen molar-refractivity contribution in [3.8, 4) is 0 Å². The Morgan fingerprint density at radius 3 is 2.81 bits per heavy atom. The fraction of sp³-hybridized carbons (Fsp3) is 0.571. The Hall–Kier alpha value is -0.630. The molecule has 0 heterocycles. The molecule has 0 saturated heterocycles. The highest BCUT2D eigenvalue weighted by atomic mass is 32.2. The van der Waals surface area contributed by atoms with Crippen molar-refractivity contribution in [1.82, 2.24) is 10.0 Å². The molecule has 0 radical (unpaired) electrons. The molecule has 0 spiro atoms. The quantitative estimate of drug-likeness (QED) is 0.680. The average Bonchev–Trinajstić information content (AvgIpc) is 3.27. The molecule has 0 amide bonds. The summed E-state index contributed by atoms with van der Waals surface area (Å²) < 4.78 is 40.6. The highest BCUT2D eigenvalue weighted by Crippen LogP contribution is 2.21. The normalized spacial score (nSPS) is 15.3. The monoisotopic (exact) mass is 332 g/mol. The molecular weight excluding hydrogens is 311 g/mol. The van der Waals surface area contributed by atoms with Gasteiger partial charge in [-0.05, 0) is 49.5 Å². The minimum atomic E-state index is -3.56. The van der Waals surface area contributed by atoms with E-state index in [2.05, 4.69) is 10.0 Å². The lowest BCUT2D eigenvalue weighted by atomic mass is 10.2. The summed E-state index contributed by atoms with van der Waals surface area (Å²) in [6, 6.07) is 4.41. The predicted molar refractivity (Wildman–Crippen MR) is 84.4 cm³/mol. The third-order valence-corrected chi connectivity index (χ3v) is 5.46. The SMILES string of the molecule is CSCCCNS(=O)(=O)c1ccc(F)c(CNC2CC2)c1. The van der Waals surface area contributed by atoms with E-state index in [1.165, 1.54) is 18.2 Å². The van der Waals surface area contributed by atoms with Gasteiger partial charge in [-0.3, -0.25) is 0 Å². The number of rotatable bonds is 9. The van der Waals surface area contributed by atoms with Crippen LogP contribution in [0, 0.1) is 5.82 Å². The number of benzene rings is 1. The van der Waals surface area contributed by atoms with E-state index in [-0.39, 0.29) is 10.7 Å². The van der Waals surface area contributed by atoms with Gasteiger partial charge < -0.3 is 5.32 Å². The predicted octanol–water partition coefficient (Wildman–Crippen LogP) is 2.11. The van der Waals surface area contributed by atoms with Crippen LogP contribution in [0.3, 0.4) is 0 Å². The van der Waals surface area contributed by atoms with Gasteiger partial charge in [0, 0.05) is 24.7 Å². The molecule has 21 heavy (non-hydrogen) atoms. The topological polar surface area (TPSA) is 58.2 Å². The average molecular weight is 332 g/mol. The Bertz CT molecular complexity index is 574. The summed E-state index contributed by atoms with van der Waals surface area (Å²) in [5, 5.41) is 3.19. The van der Waals surface area contributed by atoms with Gasteiger partial charge in [-0.15, -0.1) is 0 Å². The van der Waals surface area contributed by atoms with Gasteiger partial charge in [0.15, 0.2) is 0 Å². The zero-order valence-electron chi connectivity index (χ0n) is 12.1. The maximum absolute atomic E-state index is 13.7. The van der Waals surface area contributed by atoms with Gasteiger partial charge in [-0.1, -0.05) is 0 Å². The van der Waals surface area contributed by atoms with Crippen molar-refractivity contribution >= 4 is 21.8 Å². The van der Waals surface area contributed by atoms with E-state index in [1.54, 1.807) is 11.8 Å². The molecule has 1 saturated carbocycles. The third kappa shape index (κ3) is 5.25. The Kier molecular flexibility index (Phi) is 6.04. The largest absolute Gasteiger partial charge is 0.310 e. The maximum Gasteiger partial charge on any atom is 0.240 e. The van der Waals surface area contributed by atoms with Crippen LogP contribution >= 0.6 is 11.8 Å². The van der Waals surface area contributed by atoms with Crippen LogP contribution in [0.5, 0.6) is 0 Å². The summed E-state index contributed by atoms with van der Waals surface area (Å²) in [6.45, 7) is 0.766. The van der Waals surface area contributed by atoms with Crippen molar-refractivity contribution in [2.24, 2.45) is 0 Å². The van der Waals surface area contributed by atoms with Crippen molar-refractivity contribution < 1.29 is 12.8 Å². The van der Waals surface area contributed by atoms with E-state index < -0.39 is 10.0 Å². The molecule has 4 nitrogen and oxygen atoms in total. The lowest BCUT2D eigenvalue weighted by Crippen LogP contribution is -2.25. The van der Waals surface area contributed by atoms with E-state index in [0.29, 0.717) is 24.7 Å². The van der Waals surface area contributed by atoms with Gasteiger partial charge in [0.2, 0.25) is 10.0 Å². The van der Waals surface area contributed by atoms with Crippen LogP contribution in [0.4, 0.5) is 4.39 Å². The molecule has 0 unspecified atom stereocenters. The maximum atomic E-state index is 13.7. The van der Waals surface area contributed by atoms with Gasteiger partial charge in [0.25, 0.3) is 0 Å². The molecule has 1 aromatic carbocycles. The van der Waals surface area contributed by atoms with Crippen molar-refractivity contribution in [2.75, 3.05) is 18.6 Å². The Balaban J connectivity index is 2.01. The molecule has 1 aliphatic carbocycles. The first-order valence-electron chi connectivity index (χ1n) is 7.03. The molecule has 2 N–H and O–H groups in total. The van der Waals surface area contributed by atoms with Gasteiger partial charge in [0.1, 0.15) is 5.82 Å². The highest BCUT2D eigenvalue weighted by molar-refractivity contribution is 7.98. The van der Waals surface area contributed by atoms with Crippen LogP contribution in [-0.4, -0.2) is 33.0 Å². The fourth-order valence-corrected chi connectivity index (χ4v) is 3.46. The number of hydrogen-bond acceptors (Lipinski definition) is 4. The van der Waals surface area contributed by atoms with E-state index in [0.717, 1.165) is 25.0 Å². The molecule has 118 valence electrons. The van der Waals surface area contributed by atoms with Crippen LogP contribution in [0.15, 0.2) is 23.1 Å². The first kappa shape index (κ1) is 16.7. The molecule has 0 atom stereocenters. The number of halogens is 1. The second-order valence-electron chi connectivity index (χ2n) is 5.15. The number of hydrogen-bond donors (Lipinski definition) is 2. The van der Waals surface area contributed by atoms with E-state index in [4.69, 9.17) is 0 Å². The molecule has 7 heteroatoms. The molecule has 0 aromatic heterocycles. The van der Waals surface area contributed by atoms with Crippen molar-refractivity contribution in [3.05, 3.63) is 29.6 Å². The van der Waals surface area contributed by atoms with Crippen LogP contribution in [0.25, 0.3) is 0 Å². The molecule has 0 aliphatic heterocycles. The molecular formula is C14H21FN2O2S2. The van der Waals surface area contributed by atoms with E-state index in [1.807, 2.05) is 6.26 Å². The van der Waals surface area contributed by atoms with Crippen LogP contribution in [0.2, 0.25) is 0 Å². The lowest BCUT2D eigenvalue weighted by molar-refractivity contribution is 0.574. The summed E-state index contributed by atoms with van der Waals surface area (Å²) >= 11 is 1.67. The van der Waals surface area contributed by atoms with E-state index in [9.17, 15) is 12.8 Å². The Morgan fingerprint density at radius 1 is 1.38 bits per heavy atom. The zero-order valence-corrected chi connectivity index (χ0v) is 13.7. The fourth-order valence-electron chi connectivity index (χ4n) is 1.90. The summed E-state index contributed by atoms with van der Waals surface area (Å²) in [7, 11) is -3.56. The smallest absolute Gasteiger partial charge is 0.240 e. The molecule has 0 bridgehead atoms. The Morgan fingerprint density at radius 2 is 2.14 bits per heavy atom. The van der Waals surface area contributed by atoms with E-state index >= 15 is 0 Å². The first-order chi connectivity index (χ1) is 10.0. The second kappa shape index (κ2) is 7.58. The molecule has 1 aliphatic rings. The van der Waals surface area contributed by atoms with Crippen LogP contribution in [0.1, 0.15) is 24.8 Å². The van der Waals surface area contributed by atoms with Gasteiger partial charge >= 0.3 is 0 Å². The molecule has 1 fully saturated rings. The summed E-state index contributed by atoms with van der Waals surface area (Å²) in [5.74, 6) is 0.534. The second-order valence-corrected chi connectivity index (χ2v) is 7.91. The van der Waals surface area contributed by atoms with Gasteiger partial charge in [0.05, 0.1) is 4.90 Å². The number of sulfonamides is 1. The third-order valence-electron chi connectivity index (χ3n) is 3.30. The van der Waals surface area contributed by atoms with Crippen molar-refractivity contribution in [2.45, 2.75) is 36.7 Å². The summed E-state index contributed by atoms with van der Waals surface area (Å²) in [6.07, 6.45) is 4.97. The minimum absolute atomic E-state index is 0.126. The Labute approximate surface area is 129 Å². The molecule has 2 rings (SSSR count). The van der Waals surface area contributed by atoms with Crippen molar-refractivity contribution in [1.29, 1.82) is 0 Å². The zero-order chi connectivity index (χ0) is 15.3. The van der Waals surface area contributed by atoms with Crippen molar-refractivity contribution in [3.63, 3.8) is 0 Å². The first-order valence-corrected chi connectivity index (χ1v) is 9.91. The lowest BCUT2D eigenvalue weighted by Gasteiger charge is -2.10. The van der Waals surface area contributed by atoms with Gasteiger partial charge in [-0.2, -0.15) is 11.8 Å². The van der Waals surface area contributed by atoms with Crippen LogP contribution < -0.4 is 10.0 Å². The molecule has 1 aromatic rings. The highest BCUT2D eigenvalue weighted by Gasteiger charge is 2.21. The van der Waals surface area contributed by atoms with Gasteiger partial charge in [-0.25, -0.2) is 17.5 Å². The number of nitrogens with one attached hydrogen (secondary N) is 2. The standard InChI is InChI=1S/C14H21FN2O2S2/c1-20-8-2-7-17-21(18,19)13-5-6-14(15)11(9-13)10-16-12-3-4-12/h5-6,9,12,16-17H,2-4,7-8,10H2,1H3.